The van der Waals surface area contributed by atoms with E-state index in [1.165, 1.54) is 12.1 Å². The second-order valence-electron chi connectivity index (χ2n) is 6.06. The normalized spacial score (nSPS) is 14.0. The maximum absolute atomic E-state index is 13.0. The molecule has 0 bridgehead atoms. The summed E-state index contributed by atoms with van der Waals surface area (Å²) < 4.78 is 18.6. The second kappa shape index (κ2) is 6.95. The fourth-order valence-electron chi connectivity index (χ4n) is 2.89. The number of rotatable bonds is 5. The van der Waals surface area contributed by atoms with Gasteiger partial charge in [-0.05, 0) is 55.0 Å². The average molecular weight is 352 g/mol. The Labute approximate surface area is 149 Å². The monoisotopic (exact) mass is 352 g/mol. The number of hydrogen-bond donors (Lipinski definition) is 1. The fraction of sp³-hybridized carbons (Fsp3) is 0.211. The summed E-state index contributed by atoms with van der Waals surface area (Å²) >= 11 is 0. The molecule has 0 saturated carbocycles. The minimum atomic E-state index is -0.311. The fourth-order valence-corrected chi connectivity index (χ4v) is 2.89. The predicted molar refractivity (Wildman–Crippen MR) is 95.0 cm³/mol. The lowest BCUT2D eigenvalue weighted by molar-refractivity contribution is -0.117. The summed E-state index contributed by atoms with van der Waals surface area (Å²) in [5.41, 5.74) is 2.47. The highest BCUT2D eigenvalue weighted by Gasteiger charge is 2.21. The van der Waals surface area contributed by atoms with Crippen LogP contribution in [0, 0.1) is 5.82 Å². The summed E-state index contributed by atoms with van der Waals surface area (Å²) in [7, 11) is 0. The van der Waals surface area contributed by atoms with Crippen molar-refractivity contribution in [1.82, 2.24) is 10.2 Å². The summed E-state index contributed by atoms with van der Waals surface area (Å²) in [6, 6.07) is 13.6. The quantitative estimate of drug-likeness (QED) is 0.759. The number of benzene rings is 2. The molecule has 2 heterocycles. The van der Waals surface area contributed by atoms with Crippen LogP contribution in [0.5, 0.6) is 0 Å². The van der Waals surface area contributed by atoms with E-state index in [-0.39, 0.29) is 11.7 Å². The van der Waals surface area contributed by atoms with E-state index in [1.807, 2.05) is 24.3 Å². The van der Waals surface area contributed by atoms with Crippen LogP contribution < -0.4 is 10.2 Å². The molecule has 1 N–H and O–H groups in total. The molecule has 3 aromatic rings. The number of hydrogen-bond acceptors (Lipinski definition) is 5. The highest BCUT2D eigenvalue weighted by molar-refractivity contribution is 5.95. The Morgan fingerprint density at radius 3 is 2.54 bits per heavy atom. The predicted octanol–water partition coefficient (Wildman–Crippen LogP) is 3.61. The molecular formula is C19H17FN4O2. The Morgan fingerprint density at radius 1 is 1.08 bits per heavy atom. The van der Waals surface area contributed by atoms with Crippen LogP contribution in [-0.4, -0.2) is 22.6 Å². The minimum absolute atomic E-state index is 0.171. The van der Waals surface area contributed by atoms with Gasteiger partial charge in [-0.25, -0.2) is 4.39 Å². The molecule has 1 aliphatic rings. The van der Waals surface area contributed by atoms with Crippen LogP contribution in [0.15, 0.2) is 52.9 Å². The summed E-state index contributed by atoms with van der Waals surface area (Å²) in [6.07, 6.45) is 1.53. The van der Waals surface area contributed by atoms with E-state index >= 15 is 0 Å². The van der Waals surface area contributed by atoms with Gasteiger partial charge in [-0.1, -0.05) is 0 Å². The standard InChI is InChI=1S/C19H17FN4O2/c20-14-5-3-13(4-6-14)19-23-22-17(26-19)12-21-15-7-9-16(10-8-15)24-11-1-2-18(24)25/h3-10,21H,1-2,11-12H2. The average Bonchev–Trinajstić information content (AvgIpc) is 3.30. The highest BCUT2D eigenvalue weighted by atomic mass is 19.1. The summed E-state index contributed by atoms with van der Waals surface area (Å²) in [6.45, 7) is 1.15. The van der Waals surface area contributed by atoms with E-state index < -0.39 is 0 Å². The van der Waals surface area contributed by atoms with E-state index in [9.17, 15) is 9.18 Å². The lowest BCUT2D eigenvalue weighted by Crippen LogP contribution is -2.23. The summed E-state index contributed by atoms with van der Waals surface area (Å²) in [4.78, 5) is 13.6. The Bertz CT molecular complexity index is 906. The van der Waals surface area contributed by atoms with Crippen molar-refractivity contribution in [2.24, 2.45) is 0 Å². The van der Waals surface area contributed by atoms with Gasteiger partial charge in [0.15, 0.2) is 0 Å². The van der Waals surface area contributed by atoms with Crippen molar-refractivity contribution in [3.63, 3.8) is 0 Å². The smallest absolute Gasteiger partial charge is 0.247 e. The molecule has 1 fully saturated rings. The number of carbonyl (C=O) groups is 1. The van der Waals surface area contributed by atoms with E-state index in [0.29, 0.717) is 30.3 Å². The second-order valence-corrected chi connectivity index (χ2v) is 6.06. The first-order valence-electron chi connectivity index (χ1n) is 8.42. The van der Waals surface area contributed by atoms with Crippen molar-refractivity contribution < 1.29 is 13.6 Å². The van der Waals surface area contributed by atoms with Crippen LogP contribution in [0.1, 0.15) is 18.7 Å². The van der Waals surface area contributed by atoms with Gasteiger partial charge in [0.1, 0.15) is 5.82 Å². The third-order valence-corrected chi connectivity index (χ3v) is 4.25. The molecule has 0 aliphatic carbocycles. The first kappa shape index (κ1) is 16.3. The van der Waals surface area contributed by atoms with Gasteiger partial charge in [0, 0.05) is 29.9 Å². The molecule has 26 heavy (non-hydrogen) atoms. The van der Waals surface area contributed by atoms with Gasteiger partial charge in [0.2, 0.25) is 17.7 Å². The van der Waals surface area contributed by atoms with Crippen molar-refractivity contribution in [1.29, 1.82) is 0 Å². The van der Waals surface area contributed by atoms with Gasteiger partial charge in [0.05, 0.1) is 6.54 Å². The van der Waals surface area contributed by atoms with E-state index in [1.54, 1.807) is 17.0 Å². The molecule has 4 rings (SSSR count). The van der Waals surface area contributed by atoms with Crippen LogP contribution in [0.25, 0.3) is 11.5 Å². The largest absolute Gasteiger partial charge is 0.419 e. The topological polar surface area (TPSA) is 71.3 Å². The third kappa shape index (κ3) is 3.42. The number of anilines is 2. The zero-order chi connectivity index (χ0) is 17.9. The zero-order valence-electron chi connectivity index (χ0n) is 14.0. The summed E-state index contributed by atoms with van der Waals surface area (Å²) in [5.74, 6) is 0.645. The number of carbonyl (C=O) groups excluding carboxylic acids is 1. The van der Waals surface area contributed by atoms with Crippen molar-refractivity contribution in [2.45, 2.75) is 19.4 Å². The van der Waals surface area contributed by atoms with Gasteiger partial charge >= 0.3 is 0 Å². The van der Waals surface area contributed by atoms with Crippen LogP contribution in [0.2, 0.25) is 0 Å². The van der Waals surface area contributed by atoms with Gasteiger partial charge in [0.25, 0.3) is 0 Å². The van der Waals surface area contributed by atoms with Crippen LogP contribution in [-0.2, 0) is 11.3 Å². The maximum Gasteiger partial charge on any atom is 0.247 e. The van der Waals surface area contributed by atoms with Crippen molar-refractivity contribution in [2.75, 3.05) is 16.8 Å². The van der Waals surface area contributed by atoms with Gasteiger partial charge < -0.3 is 14.6 Å². The number of amides is 1. The highest BCUT2D eigenvalue weighted by Crippen LogP contribution is 2.23. The van der Waals surface area contributed by atoms with E-state index in [2.05, 4.69) is 15.5 Å². The van der Waals surface area contributed by atoms with Crippen molar-refractivity contribution >= 4 is 17.3 Å². The SMILES string of the molecule is O=C1CCCN1c1ccc(NCc2nnc(-c3ccc(F)cc3)o2)cc1. The Hall–Kier alpha value is -3.22. The Balaban J connectivity index is 1.38. The first-order valence-corrected chi connectivity index (χ1v) is 8.42. The lowest BCUT2D eigenvalue weighted by Gasteiger charge is -2.16. The van der Waals surface area contributed by atoms with Crippen molar-refractivity contribution in [3.8, 4) is 11.5 Å². The van der Waals surface area contributed by atoms with Crippen LogP contribution in [0.4, 0.5) is 15.8 Å². The molecule has 0 unspecified atom stereocenters. The number of nitrogens with zero attached hydrogens (tertiary/aromatic N) is 3. The van der Waals surface area contributed by atoms with Gasteiger partial charge in [-0.2, -0.15) is 0 Å². The van der Waals surface area contributed by atoms with Crippen LogP contribution >= 0.6 is 0 Å². The van der Waals surface area contributed by atoms with E-state index in [0.717, 1.165) is 24.3 Å². The Morgan fingerprint density at radius 2 is 1.85 bits per heavy atom. The van der Waals surface area contributed by atoms with Gasteiger partial charge in [-0.15, -0.1) is 10.2 Å². The zero-order valence-corrected chi connectivity index (χ0v) is 14.0. The number of halogens is 1. The molecule has 2 aromatic carbocycles. The molecule has 0 radical (unpaired) electrons. The number of nitrogens with one attached hydrogen (secondary N) is 1. The number of aromatic nitrogens is 2. The molecule has 6 nitrogen and oxygen atoms in total. The molecule has 0 atom stereocenters. The molecule has 1 amide bonds. The molecule has 1 aromatic heterocycles. The van der Waals surface area contributed by atoms with Crippen LogP contribution in [0.3, 0.4) is 0 Å². The molecule has 7 heteroatoms. The Kier molecular flexibility index (Phi) is 4.35. The minimum Gasteiger partial charge on any atom is -0.419 e. The molecule has 1 saturated heterocycles. The lowest BCUT2D eigenvalue weighted by atomic mass is 10.2. The maximum atomic E-state index is 13.0. The molecular weight excluding hydrogens is 335 g/mol. The molecule has 132 valence electrons. The summed E-state index contributed by atoms with van der Waals surface area (Å²) in [5, 5.41) is 11.2. The third-order valence-electron chi connectivity index (χ3n) is 4.25. The first-order chi connectivity index (χ1) is 12.7. The van der Waals surface area contributed by atoms with E-state index in [4.69, 9.17) is 4.42 Å². The molecule has 0 spiro atoms. The van der Waals surface area contributed by atoms with Crippen molar-refractivity contribution in [3.05, 3.63) is 60.2 Å². The molecule has 1 aliphatic heterocycles. The van der Waals surface area contributed by atoms with Gasteiger partial charge in [-0.3, -0.25) is 4.79 Å².